The molecule has 0 amide bonds. The zero-order valence-electron chi connectivity index (χ0n) is 5.26. The van der Waals surface area contributed by atoms with Gasteiger partial charge in [0.2, 0.25) is 0 Å². The van der Waals surface area contributed by atoms with Crippen molar-refractivity contribution in [2.45, 2.75) is 6.04 Å². The molecule has 51 valence electrons. The van der Waals surface area contributed by atoms with Gasteiger partial charge in [0, 0.05) is 13.8 Å². The first kappa shape index (κ1) is 8.07. The number of rotatable bonds is 1. The Hall–Kier alpha value is -0.0331. The summed E-state index contributed by atoms with van der Waals surface area (Å²) >= 11 is 2.19. The molecule has 0 unspecified atom stereocenters. The third-order valence-corrected chi connectivity index (χ3v) is 2.61. The summed E-state index contributed by atoms with van der Waals surface area (Å²) in [5, 5.41) is 9.01. The molecular weight excluding hydrogens is 255 g/mol. The van der Waals surface area contributed by atoms with Crippen molar-refractivity contribution in [3.8, 4) is 5.75 Å². The Bertz CT molecular complexity index is 237. The Kier molecular flexibility index (Phi) is 2.73. The van der Waals surface area contributed by atoms with Crippen molar-refractivity contribution in [2.24, 2.45) is 0 Å². The number of phenolic OH excluding ortho intramolecular Hbond substituents is 1. The Morgan fingerprint density at radius 2 is 2.20 bits per heavy atom. The fourth-order valence-corrected chi connectivity index (χ4v) is 2.04. The van der Waals surface area contributed by atoms with Gasteiger partial charge >= 0.3 is 0 Å². The van der Waals surface area contributed by atoms with E-state index in [1.165, 1.54) is 5.56 Å². The average molecular weight is 261 g/mol. The summed E-state index contributed by atoms with van der Waals surface area (Å²) < 4.78 is 1.09. The number of phenols is 1. The Morgan fingerprint density at radius 3 is 2.70 bits per heavy atom. The highest BCUT2D eigenvalue weighted by molar-refractivity contribution is 14.1. The van der Waals surface area contributed by atoms with E-state index in [0.29, 0.717) is 5.75 Å². The highest BCUT2D eigenvalue weighted by atomic mass is 127. The van der Waals surface area contributed by atoms with Crippen molar-refractivity contribution in [2.75, 3.05) is 0 Å². The number of hydrogen-bond donors (Lipinski definition) is 1. The molecule has 0 aliphatic heterocycles. The first-order chi connectivity index (χ1) is 4.74. The van der Waals surface area contributed by atoms with Gasteiger partial charge in [0.05, 0.1) is 0 Å². The van der Waals surface area contributed by atoms with E-state index in [4.69, 9.17) is 5.11 Å². The molecule has 0 saturated carbocycles. The standard InChI is InChI=1S/C7H6IOSi/c8-7-3-6(9)2-1-5(7)4-10/h1-3,9H,4H2. The summed E-state index contributed by atoms with van der Waals surface area (Å²) in [5.41, 5.74) is 1.20. The lowest BCUT2D eigenvalue weighted by Gasteiger charge is -1.99. The smallest absolute Gasteiger partial charge is 0.116 e. The van der Waals surface area contributed by atoms with E-state index in [1.54, 1.807) is 12.1 Å². The molecule has 3 heteroatoms. The normalized spacial score (nSPS) is 9.80. The summed E-state index contributed by atoms with van der Waals surface area (Å²) in [5.74, 6) is 0.327. The minimum absolute atomic E-state index is 0.327. The van der Waals surface area contributed by atoms with E-state index in [1.807, 2.05) is 6.07 Å². The van der Waals surface area contributed by atoms with Gasteiger partial charge in [0.15, 0.2) is 0 Å². The molecule has 3 radical (unpaired) electrons. The molecule has 0 atom stereocenters. The van der Waals surface area contributed by atoms with Crippen LogP contribution in [-0.2, 0) is 6.04 Å². The number of aromatic hydroxyl groups is 1. The van der Waals surface area contributed by atoms with Crippen molar-refractivity contribution < 1.29 is 5.11 Å². The second-order valence-corrected chi connectivity index (χ2v) is 3.47. The van der Waals surface area contributed by atoms with Gasteiger partial charge in [-0.25, -0.2) is 0 Å². The van der Waals surface area contributed by atoms with Gasteiger partial charge < -0.3 is 5.11 Å². The predicted octanol–water partition coefficient (Wildman–Crippen LogP) is 1.67. The third kappa shape index (κ3) is 1.73. The van der Waals surface area contributed by atoms with Crippen LogP contribution in [0.15, 0.2) is 18.2 Å². The van der Waals surface area contributed by atoms with Gasteiger partial charge in [-0.2, -0.15) is 0 Å². The lowest BCUT2D eigenvalue weighted by atomic mass is 10.2. The molecule has 0 aromatic heterocycles. The molecule has 1 N–H and O–H groups in total. The van der Waals surface area contributed by atoms with E-state index in [9.17, 15) is 0 Å². The van der Waals surface area contributed by atoms with Crippen LogP contribution in [0.5, 0.6) is 5.75 Å². The maximum atomic E-state index is 9.01. The molecule has 0 aliphatic carbocycles. The first-order valence-corrected chi connectivity index (χ1v) is 4.64. The van der Waals surface area contributed by atoms with Gasteiger partial charge in [-0.15, -0.1) is 0 Å². The van der Waals surface area contributed by atoms with Gasteiger partial charge in [0.1, 0.15) is 5.75 Å². The van der Waals surface area contributed by atoms with Crippen molar-refractivity contribution >= 4 is 32.8 Å². The molecule has 0 spiro atoms. The molecule has 1 aromatic rings. The molecule has 0 aliphatic rings. The van der Waals surface area contributed by atoms with E-state index < -0.39 is 0 Å². The summed E-state index contributed by atoms with van der Waals surface area (Å²) in [6.45, 7) is 0. The molecule has 1 aromatic carbocycles. The molecule has 0 heterocycles. The van der Waals surface area contributed by atoms with Crippen LogP contribution >= 0.6 is 22.6 Å². The van der Waals surface area contributed by atoms with E-state index in [0.717, 1.165) is 9.61 Å². The summed E-state index contributed by atoms with van der Waals surface area (Å²) in [6, 6.07) is 6.18. The number of benzene rings is 1. The van der Waals surface area contributed by atoms with Crippen molar-refractivity contribution in [3.63, 3.8) is 0 Å². The highest BCUT2D eigenvalue weighted by Crippen LogP contribution is 2.17. The van der Waals surface area contributed by atoms with Crippen LogP contribution in [0, 0.1) is 3.57 Å². The first-order valence-electron chi connectivity index (χ1n) is 2.86. The Balaban J connectivity index is 3.07. The maximum absolute atomic E-state index is 9.01. The lowest BCUT2D eigenvalue weighted by Crippen LogP contribution is -1.86. The minimum Gasteiger partial charge on any atom is -0.508 e. The minimum atomic E-state index is 0.327. The maximum Gasteiger partial charge on any atom is 0.116 e. The van der Waals surface area contributed by atoms with Gasteiger partial charge in [-0.3, -0.25) is 0 Å². The third-order valence-electron chi connectivity index (χ3n) is 1.23. The quantitative estimate of drug-likeness (QED) is 0.602. The second kappa shape index (κ2) is 3.38. The topological polar surface area (TPSA) is 20.2 Å². The number of hydrogen-bond acceptors (Lipinski definition) is 1. The van der Waals surface area contributed by atoms with Crippen molar-refractivity contribution in [1.29, 1.82) is 0 Å². The summed E-state index contributed by atoms with van der Waals surface area (Å²) in [6.07, 6.45) is 0. The average Bonchev–Trinajstić information content (AvgIpc) is 1.88. The largest absolute Gasteiger partial charge is 0.508 e. The second-order valence-electron chi connectivity index (χ2n) is 1.95. The van der Waals surface area contributed by atoms with E-state index in [2.05, 4.69) is 32.8 Å². The predicted molar refractivity (Wildman–Crippen MR) is 50.3 cm³/mol. The van der Waals surface area contributed by atoms with Crippen LogP contribution in [0.1, 0.15) is 5.56 Å². The lowest BCUT2D eigenvalue weighted by molar-refractivity contribution is 0.474. The van der Waals surface area contributed by atoms with Crippen LogP contribution in [-0.4, -0.2) is 15.3 Å². The molecule has 0 bridgehead atoms. The SMILES string of the molecule is Oc1ccc(C[Si])c(I)c1. The number of halogens is 1. The Morgan fingerprint density at radius 1 is 1.50 bits per heavy atom. The van der Waals surface area contributed by atoms with Crippen molar-refractivity contribution in [1.82, 2.24) is 0 Å². The summed E-state index contributed by atoms with van der Waals surface area (Å²) in [4.78, 5) is 0. The zero-order valence-corrected chi connectivity index (χ0v) is 8.42. The van der Waals surface area contributed by atoms with E-state index >= 15 is 0 Å². The summed E-state index contributed by atoms with van der Waals surface area (Å²) in [7, 11) is 3.39. The zero-order chi connectivity index (χ0) is 7.56. The van der Waals surface area contributed by atoms with Crippen LogP contribution < -0.4 is 0 Å². The molecule has 1 rings (SSSR count). The highest BCUT2D eigenvalue weighted by Gasteiger charge is 1.96. The fraction of sp³-hybridized carbons (Fsp3) is 0.143. The van der Waals surface area contributed by atoms with Gasteiger partial charge in [0.25, 0.3) is 0 Å². The monoisotopic (exact) mass is 261 g/mol. The molecule has 10 heavy (non-hydrogen) atoms. The van der Waals surface area contributed by atoms with E-state index in [-0.39, 0.29) is 0 Å². The molecule has 0 fully saturated rings. The van der Waals surface area contributed by atoms with Gasteiger partial charge in [-0.1, -0.05) is 6.07 Å². The Labute approximate surface area is 77.0 Å². The van der Waals surface area contributed by atoms with Gasteiger partial charge in [-0.05, 0) is 46.3 Å². The van der Waals surface area contributed by atoms with Crippen LogP contribution in [0.2, 0.25) is 0 Å². The molecule has 0 saturated heterocycles. The molecular formula is C7H6IOSi. The van der Waals surface area contributed by atoms with Crippen LogP contribution in [0.25, 0.3) is 0 Å². The van der Waals surface area contributed by atoms with Crippen molar-refractivity contribution in [3.05, 3.63) is 27.3 Å². The van der Waals surface area contributed by atoms with Crippen LogP contribution in [0.4, 0.5) is 0 Å². The fourth-order valence-electron chi connectivity index (χ4n) is 0.680. The molecule has 1 nitrogen and oxygen atoms in total. The van der Waals surface area contributed by atoms with Crippen LogP contribution in [0.3, 0.4) is 0 Å².